The monoisotopic (exact) mass is 324 g/mol. The first-order valence-electron chi connectivity index (χ1n) is 5.86. The Bertz CT molecular complexity index is 788. The van der Waals surface area contributed by atoms with Crippen LogP contribution in [0.25, 0.3) is 0 Å². The van der Waals surface area contributed by atoms with E-state index < -0.39 is 21.9 Å². The molecule has 2 aromatic carbocycles. The van der Waals surface area contributed by atoms with Gasteiger partial charge in [0.25, 0.3) is 0 Å². The SMILES string of the molecule is N#CC(NS(=O)(=O)c1ccc(F)c(Cl)c1)c1ccccc1. The molecule has 7 heteroatoms. The van der Waals surface area contributed by atoms with Gasteiger partial charge in [-0.25, -0.2) is 12.8 Å². The average molecular weight is 325 g/mol. The van der Waals surface area contributed by atoms with E-state index in [-0.39, 0.29) is 9.92 Å². The van der Waals surface area contributed by atoms with Crippen LogP contribution in [0.3, 0.4) is 0 Å². The number of hydrogen-bond donors (Lipinski definition) is 1. The molecular formula is C14H10ClFN2O2S. The van der Waals surface area contributed by atoms with Crippen LogP contribution in [0.15, 0.2) is 53.4 Å². The molecule has 0 saturated heterocycles. The van der Waals surface area contributed by atoms with Crippen molar-refractivity contribution in [1.82, 2.24) is 4.72 Å². The van der Waals surface area contributed by atoms with Gasteiger partial charge in [-0.3, -0.25) is 0 Å². The first-order valence-corrected chi connectivity index (χ1v) is 7.72. The van der Waals surface area contributed by atoms with Crippen molar-refractivity contribution in [2.45, 2.75) is 10.9 Å². The van der Waals surface area contributed by atoms with Gasteiger partial charge in [0.05, 0.1) is 16.0 Å². The zero-order chi connectivity index (χ0) is 15.5. The summed E-state index contributed by atoms with van der Waals surface area (Å²) in [5, 5.41) is 8.83. The predicted octanol–water partition coefficient (Wildman–Crippen LogP) is 3.02. The average Bonchev–Trinajstić information content (AvgIpc) is 2.48. The molecule has 0 fully saturated rings. The third-order valence-corrected chi connectivity index (χ3v) is 4.45. The van der Waals surface area contributed by atoms with Crippen molar-refractivity contribution in [3.63, 3.8) is 0 Å². The molecular weight excluding hydrogens is 315 g/mol. The number of nitrogens with zero attached hydrogens (tertiary/aromatic N) is 1. The second kappa shape index (κ2) is 6.22. The zero-order valence-corrected chi connectivity index (χ0v) is 12.2. The molecule has 0 aliphatic rings. The van der Waals surface area contributed by atoms with Gasteiger partial charge in [-0.05, 0) is 23.8 Å². The number of sulfonamides is 1. The van der Waals surface area contributed by atoms with Gasteiger partial charge >= 0.3 is 0 Å². The van der Waals surface area contributed by atoms with E-state index in [0.29, 0.717) is 5.56 Å². The number of rotatable bonds is 4. The molecule has 0 saturated carbocycles. The van der Waals surface area contributed by atoms with Crippen molar-refractivity contribution in [3.8, 4) is 6.07 Å². The first-order chi connectivity index (χ1) is 9.94. The molecule has 0 amide bonds. The summed E-state index contributed by atoms with van der Waals surface area (Å²) in [6, 6.07) is 12.3. The molecule has 0 radical (unpaired) electrons. The summed E-state index contributed by atoms with van der Waals surface area (Å²) < 4.78 is 39.7. The van der Waals surface area contributed by atoms with Gasteiger partial charge in [-0.2, -0.15) is 9.98 Å². The number of halogens is 2. The molecule has 1 unspecified atom stereocenters. The molecule has 108 valence electrons. The topological polar surface area (TPSA) is 70.0 Å². The lowest BCUT2D eigenvalue weighted by Crippen LogP contribution is -2.27. The summed E-state index contributed by atoms with van der Waals surface area (Å²) in [6.45, 7) is 0. The van der Waals surface area contributed by atoms with Gasteiger partial charge in [0.15, 0.2) is 0 Å². The van der Waals surface area contributed by atoms with E-state index in [4.69, 9.17) is 16.9 Å². The molecule has 0 aliphatic heterocycles. The minimum absolute atomic E-state index is 0.204. The van der Waals surface area contributed by atoms with Crippen molar-refractivity contribution in [2.75, 3.05) is 0 Å². The standard InChI is InChI=1S/C14H10ClFN2O2S/c15-12-8-11(6-7-13(12)16)21(19,20)18-14(9-17)10-4-2-1-3-5-10/h1-8,14,18H. The van der Waals surface area contributed by atoms with E-state index in [2.05, 4.69) is 4.72 Å². The lowest BCUT2D eigenvalue weighted by molar-refractivity contribution is 0.574. The van der Waals surface area contributed by atoms with Gasteiger partial charge in [0.1, 0.15) is 11.9 Å². The summed E-state index contributed by atoms with van der Waals surface area (Å²) in [4.78, 5) is -0.204. The summed E-state index contributed by atoms with van der Waals surface area (Å²) >= 11 is 5.58. The van der Waals surface area contributed by atoms with E-state index in [1.54, 1.807) is 30.3 Å². The second-order valence-corrected chi connectivity index (χ2v) is 6.29. The molecule has 0 heterocycles. The molecule has 21 heavy (non-hydrogen) atoms. The van der Waals surface area contributed by atoms with Crippen LogP contribution in [-0.4, -0.2) is 8.42 Å². The Hall–Kier alpha value is -1.94. The fourth-order valence-electron chi connectivity index (χ4n) is 1.68. The lowest BCUT2D eigenvalue weighted by atomic mass is 10.1. The summed E-state index contributed by atoms with van der Waals surface area (Å²) in [6.07, 6.45) is 0. The highest BCUT2D eigenvalue weighted by molar-refractivity contribution is 7.89. The molecule has 1 atom stereocenters. The van der Waals surface area contributed by atoms with Crippen molar-refractivity contribution < 1.29 is 12.8 Å². The molecule has 0 spiro atoms. The lowest BCUT2D eigenvalue weighted by Gasteiger charge is -2.12. The van der Waals surface area contributed by atoms with Crippen LogP contribution in [0.5, 0.6) is 0 Å². The van der Waals surface area contributed by atoms with Gasteiger partial charge < -0.3 is 0 Å². The third kappa shape index (κ3) is 3.58. The summed E-state index contributed by atoms with van der Waals surface area (Å²) in [7, 11) is -3.98. The second-order valence-electron chi connectivity index (χ2n) is 4.17. The molecule has 2 aromatic rings. The molecule has 0 aliphatic carbocycles. The minimum Gasteiger partial charge on any atom is -0.207 e. The molecule has 4 nitrogen and oxygen atoms in total. The maximum Gasteiger partial charge on any atom is 0.242 e. The molecule has 1 N–H and O–H groups in total. The van der Waals surface area contributed by atoms with Gasteiger partial charge in [-0.15, -0.1) is 0 Å². The maximum atomic E-state index is 13.1. The van der Waals surface area contributed by atoms with Crippen molar-refractivity contribution in [2.24, 2.45) is 0 Å². The van der Waals surface area contributed by atoms with Crippen molar-refractivity contribution >= 4 is 21.6 Å². The summed E-state index contributed by atoms with van der Waals surface area (Å²) in [5.74, 6) is -0.712. The highest BCUT2D eigenvalue weighted by Crippen LogP contribution is 2.21. The number of hydrogen-bond acceptors (Lipinski definition) is 3. The van der Waals surface area contributed by atoms with Crippen LogP contribution in [-0.2, 0) is 10.0 Å². The highest BCUT2D eigenvalue weighted by atomic mass is 35.5. The van der Waals surface area contributed by atoms with Crippen LogP contribution in [0, 0.1) is 17.1 Å². The van der Waals surface area contributed by atoms with Crippen LogP contribution in [0.1, 0.15) is 11.6 Å². The Morgan fingerprint density at radius 1 is 1.19 bits per heavy atom. The number of benzene rings is 2. The Labute approximate surface area is 126 Å². The first kappa shape index (κ1) is 15.4. The predicted molar refractivity (Wildman–Crippen MR) is 76.5 cm³/mol. The van der Waals surface area contributed by atoms with Gasteiger partial charge in [0.2, 0.25) is 10.0 Å². The van der Waals surface area contributed by atoms with Gasteiger partial charge in [-0.1, -0.05) is 41.9 Å². The zero-order valence-electron chi connectivity index (χ0n) is 10.6. The maximum absolute atomic E-state index is 13.1. The van der Waals surface area contributed by atoms with E-state index in [0.717, 1.165) is 18.2 Å². The fraction of sp³-hybridized carbons (Fsp3) is 0.0714. The van der Waals surface area contributed by atoms with Crippen molar-refractivity contribution in [3.05, 3.63) is 64.9 Å². The third-order valence-electron chi connectivity index (χ3n) is 2.74. The van der Waals surface area contributed by atoms with Crippen LogP contribution >= 0.6 is 11.6 Å². The molecule has 2 rings (SSSR count). The number of nitriles is 1. The van der Waals surface area contributed by atoms with Gasteiger partial charge in [0, 0.05) is 0 Å². The quantitative estimate of drug-likeness (QED) is 0.939. The summed E-state index contributed by atoms with van der Waals surface area (Å²) in [5.41, 5.74) is 0.511. The van der Waals surface area contributed by atoms with E-state index in [1.807, 2.05) is 6.07 Å². The Balaban J connectivity index is 2.32. The largest absolute Gasteiger partial charge is 0.242 e. The fourth-order valence-corrected chi connectivity index (χ4v) is 3.08. The smallest absolute Gasteiger partial charge is 0.207 e. The Morgan fingerprint density at radius 3 is 2.43 bits per heavy atom. The van der Waals surface area contributed by atoms with E-state index in [9.17, 15) is 12.8 Å². The Morgan fingerprint density at radius 2 is 1.86 bits per heavy atom. The minimum atomic E-state index is -3.98. The highest BCUT2D eigenvalue weighted by Gasteiger charge is 2.21. The van der Waals surface area contributed by atoms with Crippen molar-refractivity contribution in [1.29, 1.82) is 5.26 Å². The van der Waals surface area contributed by atoms with Crippen LogP contribution < -0.4 is 4.72 Å². The van der Waals surface area contributed by atoms with E-state index >= 15 is 0 Å². The normalized spacial score (nSPS) is 12.6. The molecule has 0 aromatic heterocycles. The van der Waals surface area contributed by atoms with Crippen LogP contribution in [0.2, 0.25) is 5.02 Å². The molecule has 0 bridgehead atoms. The van der Waals surface area contributed by atoms with E-state index in [1.165, 1.54) is 0 Å². The number of nitrogens with one attached hydrogen (secondary N) is 1. The van der Waals surface area contributed by atoms with Crippen LogP contribution in [0.4, 0.5) is 4.39 Å². The Kier molecular flexibility index (Phi) is 4.58.